The molecule has 0 unspecified atom stereocenters. The first kappa shape index (κ1) is 7.76. The van der Waals surface area contributed by atoms with Crippen LogP contribution >= 0.6 is 12.6 Å². The van der Waals surface area contributed by atoms with Crippen molar-refractivity contribution in [2.75, 3.05) is 0 Å². The summed E-state index contributed by atoms with van der Waals surface area (Å²) >= 11 is 4.05. The molecule has 0 saturated carbocycles. The Hall–Kier alpha value is -0.240. The van der Waals surface area contributed by atoms with Gasteiger partial charge in [0, 0.05) is 6.21 Å². The van der Waals surface area contributed by atoms with E-state index in [1.165, 1.54) is 0 Å². The summed E-state index contributed by atoms with van der Waals surface area (Å²) in [4.78, 5) is 3.91. The molecule has 0 rings (SSSR count). The van der Waals surface area contributed by atoms with Gasteiger partial charge in [0.2, 0.25) is 0 Å². The third-order valence-electron chi connectivity index (χ3n) is 0.648. The van der Waals surface area contributed by atoms with Gasteiger partial charge in [-0.25, -0.2) is 0 Å². The molecule has 0 aromatic rings. The van der Waals surface area contributed by atoms with Crippen LogP contribution in [-0.2, 0) is 0 Å². The van der Waals surface area contributed by atoms with Crippen LogP contribution in [0.5, 0.6) is 0 Å². The molecule has 0 aliphatic rings. The van der Waals surface area contributed by atoms with Crippen molar-refractivity contribution in [3.05, 3.63) is 11.1 Å². The molecule has 0 spiro atoms. The summed E-state index contributed by atoms with van der Waals surface area (Å²) in [5, 5.41) is 0.801. The highest BCUT2D eigenvalue weighted by molar-refractivity contribution is 7.84. The third kappa shape index (κ3) is 3.93. The van der Waals surface area contributed by atoms with Gasteiger partial charge in [-0.1, -0.05) is 13.0 Å². The maximum absolute atomic E-state index is 4.05. The number of rotatable bonds is 2. The number of allylic oxidation sites excluding steroid dienone is 1. The second kappa shape index (κ2) is 4.91. The second-order valence-corrected chi connectivity index (χ2v) is 1.82. The van der Waals surface area contributed by atoms with Crippen LogP contribution in [0.1, 0.15) is 20.3 Å². The van der Waals surface area contributed by atoms with Crippen molar-refractivity contribution in [3.63, 3.8) is 0 Å². The maximum atomic E-state index is 4.05. The van der Waals surface area contributed by atoms with Gasteiger partial charge in [0.25, 0.3) is 0 Å². The Kier molecular flexibility index (Phi) is 4.76. The van der Waals surface area contributed by atoms with Gasteiger partial charge in [0.15, 0.2) is 0 Å². The van der Waals surface area contributed by atoms with Crippen LogP contribution in [-0.4, -0.2) is 6.21 Å². The molecule has 0 heterocycles. The average Bonchev–Trinajstić information content (AvgIpc) is 1.68. The minimum absolute atomic E-state index is 0.801. The molecule has 0 saturated heterocycles. The quantitative estimate of drug-likeness (QED) is 0.434. The van der Waals surface area contributed by atoms with Gasteiger partial charge >= 0.3 is 0 Å². The largest absolute Gasteiger partial charge is 0.255 e. The van der Waals surface area contributed by atoms with E-state index in [2.05, 4.69) is 24.5 Å². The fraction of sp³-hybridized carbons (Fsp3) is 0.500. The summed E-state index contributed by atoms with van der Waals surface area (Å²) in [6, 6.07) is 0. The number of nitrogens with zero attached hydrogens (tertiary/aromatic N) is 1. The van der Waals surface area contributed by atoms with Crippen molar-refractivity contribution in [2.45, 2.75) is 20.3 Å². The van der Waals surface area contributed by atoms with Crippen molar-refractivity contribution in [3.8, 4) is 0 Å². The highest BCUT2D eigenvalue weighted by Gasteiger charge is 1.76. The lowest BCUT2D eigenvalue weighted by molar-refractivity contribution is 1.21. The molecule has 0 N–H and O–H groups in total. The monoisotopic (exact) mass is 129 g/mol. The topological polar surface area (TPSA) is 12.4 Å². The summed E-state index contributed by atoms with van der Waals surface area (Å²) in [5.74, 6) is 0. The van der Waals surface area contributed by atoms with E-state index >= 15 is 0 Å². The van der Waals surface area contributed by atoms with Crippen LogP contribution in [0.15, 0.2) is 16.1 Å². The molecular formula is C6H11NS. The first-order valence-corrected chi connectivity index (χ1v) is 3.13. The van der Waals surface area contributed by atoms with E-state index in [9.17, 15) is 0 Å². The molecule has 0 bridgehead atoms. The molecule has 2 heteroatoms. The van der Waals surface area contributed by atoms with E-state index in [0.717, 1.165) is 11.4 Å². The Morgan fingerprint density at radius 2 is 2.38 bits per heavy atom. The first-order chi connectivity index (χ1) is 3.81. The van der Waals surface area contributed by atoms with Gasteiger partial charge in [-0.2, -0.15) is 0 Å². The summed E-state index contributed by atoms with van der Waals surface area (Å²) in [7, 11) is 0. The first-order valence-electron chi connectivity index (χ1n) is 2.69. The maximum Gasteiger partial charge on any atom is 0.0885 e. The Morgan fingerprint density at radius 3 is 2.75 bits per heavy atom. The summed E-state index contributed by atoms with van der Waals surface area (Å²) < 4.78 is 0. The van der Waals surface area contributed by atoms with E-state index in [1.807, 2.05) is 13.0 Å². The van der Waals surface area contributed by atoms with Crippen LogP contribution in [0.3, 0.4) is 0 Å². The molecule has 1 nitrogen and oxygen atoms in total. The number of hydrogen-bond acceptors (Lipinski definition) is 2. The third-order valence-corrected chi connectivity index (χ3v) is 0.946. The summed E-state index contributed by atoms with van der Waals surface area (Å²) in [6.07, 6.45) is 4.69. The van der Waals surface area contributed by atoms with Crippen molar-refractivity contribution in [1.82, 2.24) is 0 Å². The van der Waals surface area contributed by atoms with E-state index in [-0.39, 0.29) is 0 Å². The molecular weight excluding hydrogens is 118 g/mol. The van der Waals surface area contributed by atoms with Gasteiger partial charge < -0.3 is 0 Å². The molecule has 0 amide bonds. The smallest absolute Gasteiger partial charge is 0.0885 e. The van der Waals surface area contributed by atoms with Crippen LogP contribution in [0.25, 0.3) is 0 Å². The lowest BCUT2D eigenvalue weighted by Gasteiger charge is -1.84. The number of thiol groups is 1. The molecule has 0 aromatic heterocycles. The molecule has 0 atom stereocenters. The molecule has 0 radical (unpaired) electrons. The average molecular weight is 129 g/mol. The molecule has 0 aliphatic carbocycles. The summed E-state index contributed by atoms with van der Waals surface area (Å²) in [6.45, 7) is 3.93. The predicted octanol–water partition coefficient (Wildman–Crippen LogP) is 2.26. The molecule has 0 aromatic carbocycles. The minimum atomic E-state index is 0.801. The lowest BCUT2D eigenvalue weighted by Crippen LogP contribution is -1.64. The predicted molar refractivity (Wildman–Crippen MR) is 41.5 cm³/mol. The molecule has 0 aliphatic heterocycles. The normalized spacial score (nSPS) is 13.1. The van der Waals surface area contributed by atoms with Crippen molar-refractivity contribution in [1.29, 1.82) is 0 Å². The van der Waals surface area contributed by atoms with Crippen LogP contribution in [0.4, 0.5) is 0 Å². The van der Waals surface area contributed by atoms with Gasteiger partial charge in [-0.15, -0.1) is 12.6 Å². The molecule has 8 heavy (non-hydrogen) atoms. The van der Waals surface area contributed by atoms with Gasteiger partial charge in [0.05, 0.1) is 5.03 Å². The van der Waals surface area contributed by atoms with E-state index < -0.39 is 0 Å². The van der Waals surface area contributed by atoms with Crippen LogP contribution in [0.2, 0.25) is 0 Å². The zero-order valence-corrected chi connectivity index (χ0v) is 6.15. The SMILES string of the molecule is C/C=N\C(S)=C/CC. The van der Waals surface area contributed by atoms with E-state index in [4.69, 9.17) is 0 Å². The van der Waals surface area contributed by atoms with Crippen LogP contribution < -0.4 is 0 Å². The second-order valence-electron chi connectivity index (χ2n) is 1.36. The fourth-order valence-electron chi connectivity index (χ4n) is 0.368. The van der Waals surface area contributed by atoms with E-state index in [1.54, 1.807) is 6.21 Å². The molecule has 0 fully saturated rings. The highest BCUT2D eigenvalue weighted by atomic mass is 32.1. The Morgan fingerprint density at radius 1 is 1.75 bits per heavy atom. The van der Waals surface area contributed by atoms with Gasteiger partial charge in [-0.05, 0) is 13.3 Å². The number of hydrogen-bond donors (Lipinski definition) is 1. The Labute approximate surface area is 55.9 Å². The van der Waals surface area contributed by atoms with Crippen molar-refractivity contribution in [2.24, 2.45) is 4.99 Å². The van der Waals surface area contributed by atoms with Crippen LogP contribution in [0, 0.1) is 0 Å². The van der Waals surface area contributed by atoms with Gasteiger partial charge in [0.1, 0.15) is 0 Å². The highest BCUT2D eigenvalue weighted by Crippen LogP contribution is 2.01. The number of aliphatic imine (C=N–C) groups is 1. The Balaban J connectivity index is 3.61. The minimum Gasteiger partial charge on any atom is -0.255 e. The van der Waals surface area contributed by atoms with Crippen molar-refractivity contribution >= 4 is 18.8 Å². The standard InChI is InChI=1S/C6H11NS/c1-3-5-6(8)7-4-2/h4-5,8H,3H2,1-2H3/b6-5+,7-4-. The van der Waals surface area contributed by atoms with Gasteiger partial charge in [-0.3, -0.25) is 4.99 Å². The Bertz CT molecular complexity index is 105. The lowest BCUT2D eigenvalue weighted by atomic mass is 10.5. The fourth-order valence-corrected chi connectivity index (χ4v) is 0.666. The summed E-state index contributed by atoms with van der Waals surface area (Å²) in [5.41, 5.74) is 0. The van der Waals surface area contributed by atoms with Crippen molar-refractivity contribution < 1.29 is 0 Å². The molecule has 46 valence electrons. The zero-order valence-electron chi connectivity index (χ0n) is 5.26. The zero-order chi connectivity index (χ0) is 6.41. The van der Waals surface area contributed by atoms with E-state index in [0.29, 0.717) is 0 Å².